The number of benzene rings is 2. The van der Waals surface area contributed by atoms with Gasteiger partial charge in [0.1, 0.15) is 0 Å². The van der Waals surface area contributed by atoms with Crippen LogP contribution in [0.3, 0.4) is 0 Å². The van der Waals surface area contributed by atoms with E-state index in [1.807, 2.05) is 30.3 Å². The number of ether oxygens (including phenoxy) is 2. The molecule has 0 saturated heterocycles. The zero-order chi connectivity index (χ0) is 19.2. The average Bonchev–Trinajstić information content (AvgIpc) is 3.17. The Balaban J connectivity index is 1.49. The van der Waals surface area contributed by atoms with Crippen LogP contribution >= 0.6 is 0 Å². The quantitative estimate of drug-likeness (QED) is 0.726. The minimum Gasteiger partial charge on any atom is -0.493 e. The van der Waals surface area contributed by atoms with Gasteiger partial charge in [-0.25, -0.2) is 0 Å². The van der Waals surface area contributed by atoms with E-state index >= 15 is 0 Å². The van der Waals surface area contributed by atoms with E-state index in [0.29, 0.717) is 23.6 Å². The monoisotopic (exact) mass is 367 g/mol. The Bertz CT molecular complexity index is 844. The van der Waals surface area contributed by atoms with Crippen LogP contribution in [0, 0.1) is 0 Å². The van der Waals surface area contributed by atoms with Crippen LogP contribution in [0.2, 0.25) is 0 Å². The molecule has 0 heterocycles. The lowest BCUT2D eigenvalue weighted by Crippen LogP contribution is -2.23. The third-order valence-electron chi connectivity index (χ3n) is 4.94. The van der Waals surface area contributed by atoms with Crippen LogP contribution < -0.4 is 14.8 Å². The SMILES string of the molecule is COc1ccc(CNC(=O)CCC(=O)c2ccc3c(c2)CCC3)cc1OC. The van der Waals surface area contributed by atoms with E-state index in [1.54, 1.807) is 20.3 Å². The second-order valence-corrected chi connectivity index (χ2v) is 6.73. The number of methoxy groups -OCH3 is 2. The first-order valence-corrected chi connectivity index (χ1v) is 9.23. The van der Waals surface area contributed by atoms with Crippen molar-refractivity contribution in [2.24, 2.45) is 0 Å². The van der Waals surface area contributed by atoms with Crippen molar-refractivity contribution < 1.29 is 19.1 Å². The number of aryl methyl sites for hydroxylation is 2. The van der Waals surface area contributed by atoms with Crippen molar-refractivity contribution in [2.45, 2.75) is 38.6 Å². The van der Waals surface area contributed by atoms with Crippen LogP contribution in [0.1, 0.15) is 46.3 Å². The number of fused-ring (bicyclic) bond motifs is 1. The van der Waals surface area contributed by atoms with Gasteiger partial charge in [0.25, 0.3) is 0 Å². The summed E-state index contributed by atoms with van der Waals surface area (Å²) in [5, 5.41) is 2.85. The van der Waals surface area contributed by atoms with Crippen LogP contribution in [-0.4, -0.2) is 25.9 Å². The van der Waals surface area contributed by atoms with E-state index in [2.05, 4.69) is 5.32 Å². The molecule has 3 rings (SSSR count). The summed E-state index contributed by atoms with van der Waals surface area (Å²) >= 11 is 0. The molecule has 1 amide bonds. The maximum Gasteiger partial charge on any atom is 0.220 e. The third kappa shape index (κ3) is 4.67. The van der Waals surface area contributed by atoms with Crippen LogP contribution in [0.5, 0.6) is 11.5 Å². The summed E-state index contributed by atoms with van der Waals surface area (Å²) in [5.41, 5.74) is 4.24. The van der Waals surface area contributed by atoms with Gasteiger partial charge < -0.3 is 14.8 Å². The number of carbonyl (C=O) groups excluding carboxylic acids is 2. The topological polar surface area (TPSA) is 64.6 Å². The van der Waals surface area contributed by atoms with Crippen molar-refractivity contribution in [1.29, 1.82) is 0 Å². The van der Waals surface area contributed by atoms with Crippen LogP contribution in [0.4, 0.5) is 0 Å². The number of hydrogen-bond donors (Lipinski definition) is 1. The van der Waals surface area contributed by atoms with Crippen LogP contribution in [-0.2, 0) is 24.2 Å². The van der Waals surface area contributed by atoms with Gasteiger partial charge in [-0.3, -0.25) is 9.59 Å². The van der Waals surface area contributed by atoms with E-state index in [0.717, 1.165) is 24.8 Å². The Morgan fingerprint density at radius 3 is 2.48 bits per heavy atom. The van der Waals surface area contributed by atoms with E-state index in [-0.39, 0.29) is 24.5 Å². The molecule has 0 bridgehead atoms. The Hall–Kier alpha value is -2.82. The normalized spacial score (nSPS) is 12.4. The fourth-order valence-electron chi connectivity index (χ4n) is 3.40. The number of amides is 1. The molecular weight excluding hydrogens is 342 g/mol. The highest BCUT2D eigenvalue weighted by atomic mass is 16.5. The minimum atomic E-state index is -0.140. The molecule has 1 aliphatic carbocycles. The Morgan fingerprint density at radius 2 is 1.70 bits per heavy atom. The molecule has 1 aliphatic rings. The number of ketones is 1. The summed E-state index contributed by atoms with van der Waals surface area (Å²) in [4.78, 5) is 24.5. The second kappa shape index (κ2) is 8.71. The fourth-order valence-corrected chi connectivity index (χ4v) is 3.40. The summed E-state index contributed by atoms with van der Waals surface area (Å²) in [6.45, 7) is 0.381. The predicted octanol–water partition coefficient (Wildman–Crippen LogP) is 3.47. The maximum absolute atomic E-state index is 12.4. The molecule has 0 spiro atoms. The van der Waals surface area contributed by atoms with Crippen molar-refractivity contribution in [3.8, 4) is 11.5 Å². The third-order valence-corrected chi connectivity index (χ3v) is 4.94. The summed E-state index contributed by atoms with van der Waals surface area (Å²) in [6, 6.07) is 11.4. The smallest absolute Gasteiger partial charge is 0.220 e. The van der Waals surface area contributed by atoms with Gasteiger partial charge in [-0.2, -0.15) is 0 Å². The molecule has 2 aromatic carbocycles. The highest BCUT2D eigenvalue weighted by Gasteiger charge is 2.15. The summed E-state index contributed by atoms with van der Waals surface area (Å²) in [6.07, 6.45) is 3.70. The number of carbonyl (C=O) groups is 2. The number of nitrogens with one attached hydrogen (secondary N) is 1. The first-order chi connectivity index (χ1) is 13.1. The average molecular weight is 367 g/mol. The summed E-state index contributed by atoms with van der Waals surface area (Å²) < 4.78 is 10.5. The van der Waals surface area contributed by atoms with Crippen molar-refractivity contribution in [1.82, 2.24) is 5.32 Å². The van der Waals surface area contributed by atoms with Crippen molar-refractivity contribution in [3.05, 3.63) is 58.7 Å². The first kappa shape index (κ1) is 19.0. The van der Waals surface area contributed by atoms with E-state index in [9.17, 15) is 9.59 Å². The van der Waals surface area contributed by atoms with Gasteiger partial charge in [-0.15, -0.1) is 0 Å². The van der Waals surface area contributed by atoms with E-state index in [4.69, 9.17) is 9.47 Å². The van der Waals surface area contributed by atoms with Gasteiger partial charge in [0, 0.05) is 24.9 Å². The largest absolute Gasteiger partial charge is 0.493 e. The zero-order valence-corrected chi connectivity index (χ0v) is 15.8. The lowest BCUT2D eigenvalue weighted by Gasteiger charge is -2.10. The van der Waals surface area contributed by atoms with Crippen LogP contribution in [0.15, 0.2) is 36.4 Å². The Morgan fingerprint density at radius 1 is 0.926 bits per heavy atom. The molecule has 5 nitrogen and oxygen atoms in total. The summed E-state index contributed by atoms with van der Waals surface area (Å²) in [7, 11) is 3.15. The van der Waals surface area contributed by atoms with Gasteiger partial charge in [-0.1, -0.05) is 18.2 Å². The minimum absolute atomic E-state index is 0.0194. The molecule has 0 unspecified atom stereocenters. The van der Waals surface area contributed by atoms with Gasteiger partial charge in [0.2, 0.25) is 5.91 Å². The molecule has 0 aliphatic heterocycles. The van der Waals surface area contributed by atoms with Gasteiger partial charge in [-0.05, 0) is 54.2 Å². The molecule has 142 valence electrons. The molecule has 0 radical (unpaired) electrons. The van der Waals surface area contributed by atoms with Crippen molar-refractivity contribution in [3.63, 3.8) is 0 Å². The molecule has 0 aromatic heterocycles. The fraction of sp³-hybridized carbons (Fsp3) is 0.364. The number of rotatable bonds is 8. The standard InChI is InChI=1S/C22H25NO4/c1-26-20-10-6-15(12-21(20)27-2)14-23-22(25)11-9-19(24)18-8-7-16-4-3-5-17(16)13-18/h6-8,10,12-13H,3-5,9,11,14H2,1-2H3,(H,23,25). The number of hydrogen-bond acceptors (Lipinski definition) is 4. The zero-order valence-electron chi connectivity index (χ0n) is 15.8. The lowest BCUT2D eigenvalue weighted by atomic mass is 10.0. The Labute approximate surface area is 159 Å². The first-order valence-electron chi connectivity index (χ1n) is 9.23. The predicted molar refractivity (Wildman–Crippen MR) is 103 cm³/mol. The van der Waals surface area contributed by atoms with Gasteiger partial charge >= 0.3 is 0 Å². The molecule has 0 fully saturated rings. The highest BCUT2D eigenvalue weighted by Crippen LogP contribution is 2.27. The number of Topliss-reactive ketones (excluding diaryl/α,β-unsaturated/α-hetero) is 1. The Kier molecular flexibility index (Phi) is 6.12. The molecule has 0 saturated carbocycles. The molecule has 5 heteroatoms. The molecule has 1 N–H and O–H groups in total. The summed E-state index contributed by atoms with van der Waals surface area (Å²) in [5.74, 6) is 1.15. The second-order valence-electron chi connectivity index (χ2n) is 6.73. The van der Waals surface area contributed by atoms with Gasteiger partial charge in [0.05, 0.1) is 14.2 Å². The molecule has 27 heavy (non-hydrogen) atoms. The maximum atomic E-state index is 12.4. The van der Waals surface area contributed by atoms with E-state index < -0.39 is 0 Å². The molecular formula is C22H25NO4. The highest BCUT2D eigenvalue weighted by molar-refractivity contribution is 5.98. The van der Waals surface area contributed by atoms with Crippen molar-refractivity contribution in [2.75, 3.05) is 14.2 Å². The lowest BCUT2D eigenvalue weighted by molar-refractivity contribution is -0.121. The molecule has 2 aromatic rings. The van der Waals surface area contributed by atoms with Crippen molar-refractivity contribution >= 4 is 11.7 Å². The van der Waals surface area contributed by atoms with Gasteiger partial charge in [0.15, 0.2) is 17.3 Å². The van der Waals surface area contributed by atoms with Crippen LogP contribution in [0.25, 0.3) is 0 Å². The van der Waals surface area contributed by atoms with E-state index in [1.165, 1.54) is 11.1 Å². The molecule has 0 atom stereocenters.